The number of hydrogen-bond donors (Lipinski definition) is 1. The summed E-state index contributed by atoms with van der Waals surface area (Å²) in [5, 5.41) is 2.84. The molecule has 2 nitrogen and oxygen atoms in total. The number of anilines is 1. The molecule has 0 spiro atoms. The first kappa shape index (κ1) is 15.2. The number of nitrogens with one attached hydrogen (secondary N) is 1. The van der Waals surface area contributed by atoms with Gasteiger partial charge >= 0.3 is 0 Å². The quantitative estimate of drug-likeness (QED) is 0.556. The monoisotopic (exact) mass is 257 g/mol. The fourth-order valence-electron chi connectivity index (χ4n) is 1.76. The molecule has 2 heteroatoms. The smallest absolute Gasteiger partial charge is 0.248 e. The van der Waals surface area contributed by atoms with Gasteiger partial charge in [-0.3, -0.25) is 4.79 Å². The predicted octanol–water partition coefficient (Wildman–Crippen LogP) is 4.71. The van der Waals surface area contributed by atoms with E-state index < -0.39 is 0 Å². The van der Waals surface area contributed by atoms with E-state index in [9.17, 15) is 4.79 Å². The van der Waals surface area contributed by atoms with Crippen LogP contribution in [0.5, 0.6) is 0 Å². The van der Waals surface area contributed by atoms with Crippen LogP contribution < -0.4 is 5.32 Å². The second kappa shape index (κ2) is 9.15. The lowest BCUT2D eigenvalue weighted by Crippen LogP contribution is -2.07. The standard InChI is InChI=1S/C17H23NO/c1-3-5-10-15(9-4-2)13-14-17(19)18-16-11-7-6-8-12-16/h6-8,10-14H,3-5,9H2,1-2H3,(H,18,19)/b14-13+,15-10+. The van der Waals surface area contributed by atoms with Crippen molar-refractivity contribution in [2.24, 2.45) is 0 Å². The van der Waals surface area contributed by atoms with Crippen LogP contribution in [0.2, 0.25) is 0 Å². The highest BCUT2D eigenvalue weighted by molar-refractivity contribution is 5.99. The molecule has 1 aromatic rings. The molecule has 0 aliphatic heterocycles. The minimum atomic E-state index is -0.0790. The summed E-state index contributed by atoms with van der Waals surface area (Å²) in [6.07, 6.45) is 10.1. The Bertz CT molecular complexity index is 432. The van der Waals surface area contributed by atoms with E-state index in [1.807, 2.05) is 36.4 Å². The van der Waals surface area contributed by atoms with E-state index in [0.29, 0.717) is 0 Å². The maximum Gasteiger partial charge on any atom is 0.248 e. The highest BCUT2D eigenvalue weighted by Gasteiger charge is 1.97. The van der Waals surface area contributed by atoms with Gasteiger partial charge in [0, 0.05) is 11.8 Å². The number of amides is 1. The number of rotatable bonds is 7. The van der Waals surface area contributed by atoms with Crippen LogP contribution in [0.15, 0.2) is 54.1 Å². The van der Waals surface area contributed by atoms with E-state index in [2.05, 4.69) is 25.2 Å². The lowest BCUT2D eigenvalue weighted by Gasteiger charge is -2.02. The third-order valence-corrected chi connectivity index (χ3v) is 2.72. The number of carbonyl (C=O) groups excluding carboxylic acids is 1. The largest absolute Gasteiger partial charge is 0.323 e. The Morgan fingerprint density at radius 2 is 1.84 bits per heavy atom. The van der Waals surface area contributed by atoms with Gasteiger partial charge in [0.1, 0.15) is 0 Å². The molecular weight excluding hydrogens is 234 g/mol. The highest BCUT2D eigenvalue weighted by atomic mass is 16.1. The Balaban J connectivity index is 2.55. The number of para-hydroxylation sites is 1. The Morgan fingerprint density at radius 3 is 2.47 bits per heavy atom. The molecule has 19 heavy (non-hydrogen) atoms. The van der Waals surface area contributed by atoms with Crippen molar-refractivity contribution in [2.75, 3.05) is 5.32 Å². The molecule has 0 fully saturated rings. The summed E-state index contributed by atoms with van der Waals surface area (Å²) >= 11 is 0. The molecule has 1 rings (SSSR count). The van der Waals surface area contributed by atoms with Gasteiger partial charge in [-0.1, -0.05) is 62.6 Å². The van der Waals surface area contributed by atoms with Crippen LogP contribution in [0.4, 0.5) is 5.69 Å². The van der Waals surface area contributed by atoms with Gasteiger partial charge in [0.25, 0.3) is 0 Å². The Kier molecular flexibility index (Phi) is 7.33. The lowest BCUT2D eigenvalue weighted by atomic mass is 10.1. The first-order valence-electron chi connectivity index (χ1n) is 6.99. The van der Waals surface area contributed by atoms with Gasteiger partial charge < -0.3 is 5.32 Å². The van der Waals surface area contributed by atoms with E-state index in [1.54, 1.807) is 6.08 Å². The maximum atomic E-state index is 11.8. The molecule has 0 saturated carbocycles. The molecule has 0 aliphatic rings. The number of carbonyl (C=O) groups is 1. The second-order valence-electron chi connectivity index (χ2n) is 4.51. The molecule has 0 saturated heterocycles. The molecule has 0 heterocycles. The fraction of sp³-hybridized carbons (Fsp3) is 0.353. The summed E-state index contributed by atoms with van der Waals surface area (Å²) in [7, 11) is 0. The zero-order valence-corrected chi connectivity index (χ0v) is 11.9. The molecule has 0 atom stereocenters. The average molecular weight is 257 g/mol. The van der Waals surface area contributed by atoms with Crippen LogP contribution in [0.25, 0.3) is 0 Å². The van der Waals surface area contributed by atoms with Gasteiger partial charge in [0.15, 0.2) is 0 Å². The number of benzene rings is 1. The number of unbranched alkanes of at least 4 members (excludes halogenated alkanes) is 1. The summed E-state index contributed by atoms with van der Waals surface area (Å²) in [4.78, 5) is 11.8. The molecule has 102 valence electrons. The average Bonchev–Trinajstić information content (AvgIpc) is 2.43. The minimum absolute atomic E-state index is 0.0790. The van der Waals surface area contributed by atoms with Gasteiger partial charge in [-0.2, -0.15) is 0 Å². The van der Waals surface area contributed by atoms with Crippen LogP contribution in [-0.4, -0.2) is 5.91 Å². The van der Waals surface area contributed by atoms with Gasteiger partial charge in [-0.05, 0) is 25.0 Å². The summed E-state index contributed by atoms with van der Waals surface area (Å²) in [5.41, 5.74) is 2.07. The van der Waals surface area contributed by atoms with E-state index in [1.165, 1.54) is 5.57 Å². The zero-order chi connectivity index (χ0) is 13.9. The van der Waals surface area contributed by atoms with Gasteiger partial charge in [-0.15, -0.1) is 0 Å². The zero-order valence-electron chi connectivity index (χ0n) is 11.9. The van der Waals surface area contributed by atoms with Gasteiger partial charge in [0.05, 0.1) is 0 Å². The molecule has 0 radical (unpaired) electrons. The van der Waals surface area contributed by atoms with E-state index in [0.717, 1.165) is 31.4 Å². The van der Waals surface area contributed by atoms with Crippen molar-refractivity contribution < 1.29 is 4.79 Å². The van der Waals surface area contributed by atoms with Crippen LogP contribution >= 0.6 is 0 Å². The number of allylic oxidation sites excluding steroid dienone is 3. The Labute approximate surface area is 116 Å². The maximum absolute atomic E-state index is 11.8. The summed E-state index contributed by atoms with van der Waals surface area (Å²) < 4.78 is 0. The molecule has 0 aromatic heterocycles. The van der Waals surface area contributed by atoms with Crippen LogP contribution in [-0.2, 0) is 4.79 Å². The lowest BCUT2D eigenvalue weighted by molar-refractivity contribution is -0.111. The predicted molar refractivity (Wildman–Crippen MR) is 82.1 cm³/mol. The van der Waals surface area contributed by atoms with Gasteiger partial charge in [-0.25, -0.2) is 0 Å². The van der Waals surface area contributed by atoms with E-state index in [-0.39, 0.29) is 5.91 Å². The molecular formula is C17H23NO. The van der Waals surface area contributed by atoms with E-state index in [4.69, 9.17) is 0 Å². The van der Waals surface area contributed by atoms with Crippen molar-refractivity contribution >= 4 is 11.6 Å². The normalized spacial score (nSPS) is 11.8. The van der Waals surface area contributed by atoms with Crippen LogP contribution in [0.1, 0.15) is 39.5 Å². The first-order chi connectivity index (χ1) is 9.26. The van der Waals surface area contributed by atoms with Crippen molar-refractivity contribution in [3.63, 3.8) is 0 Å². The topological polar surface area (TPSA) is 29.1 Å². The first-order valence-corrected chi connectivity index (χ1v) is 6.99. The molecule has 0 unspecified atom stereocenters. The highest BCUT2D eigenvalue weighted by Crippen LogP contribution is 2.10. The van der Waals surface area contributed by atoms with Crippen molar-refractivity contribution in [1.29, 1.82) is 0 Å². The van der Waals surface area contributed by atoms with Crippen LogP contribution in [0.3, 0.4) is 0 Å². The SMILES string of the molecule is CCC/C=C(/C=C/C(=O)Nc1ccccc1)CCC. The van der Waals surface area contributed by atoms with Crippen molar-refractivity contribution in [2.45, 2.75) is 39.5 Å². The summed E-state index contributed by atoms with van der Waals surface area (Å²) in [5.74, 6) is -0.0790. The van der Waals surface area contributed by atoms with Crippen LogP contribution in [0, 0.1) is 0 Å². The van der Waals surface area contributed by atoms with Gasteiger partial charge in [0.2, 0.25) is 5.91 Å². The number of hydrogen-bond acceptors (Lipinski definition) is 1. The van der Waals surface area contributed by atoms with Crippen molar-refractivity contribution in [3.8, 4) is 0 Å². The molecule has 1 amide bonds. The third-order valence-electron chi connectivity index (χ3n) is 2.72. The molecule has 1 N–H and O–H groups in total. The second-order valence-corrected chi connectivity index (χ2v) is 4.51. The summed E-state index contributed by atoms with van der Waals surface area (Å²) in [6, 6.07) is 9.50. The van der Waals surface area contributed by atoms with Crippen molar-refractivity contribution in [3.05, 3.63) is 54.1 Å². The Hall–Kier alpha value is -1.83. The molecule has 0 aliphatic carbocycles. The summed E-state index contributed by atoms with van der Waals surface area (Å²) in [6.45, 7) is 4.31. The Morgan fingerprint density at radius 1 is 1.11 bits per heavy atom. The third kappa shape index (κ3) is 6.61. The molecule has 0 bridgehead atoms. The fourth-order valence-corrected chi connectivity index (χ4v) is 1.76. The minimum Gasteiger partial charge on any atom is -0.323 e. The van der Waals surface area contributed by atoms with E-state index >= 15 is 0 Å². The van der Waals surface area contributed by atoms with Crippen molar-refractivity contribution in [1.82, 2.24) is 0 Å². The molecule has 1 aromatic carbocycles.